The van der Waals surface area contributed by atoms with Crippen LogP contribution in [0.3, 0.4) is 0 Å². The van der Waals surface area contributed by atoms with Crippen molar-refractivity contribution in [3.63, 3.8) is 0 Å². The van der Waals surface area contributed by atoms with Crippen molar-refractivity contribution in [2.24, 2.45) is 0 Å². The highest BCUT2D eigenvalue weighted by Gasteiger charge is 2.25. The molecule has 4 aromatic rings. The van der Waals surface area contributed by atoms with E-state index in [0.29, 0.717) is 33.2 Å². The first-order valence-corrected chi connectivity index (χ1v) is 13.4. The van der Waals surface area contributed by atoms with Crippen molar-refractivity contribution in [2.75, 3.05) is 25.7 Å². The van der Waals surface area contributed by atoms with E-state index in [2.05, 4.69) is 35.9 Å². The minimum absolute atomic E-state index is 0.0395. The molecule has 0 bridgehead atoms. The highest BCUT2D eigenvalue weighted by Crippen LogP contribution is 2.28. The number of carbonyl (C=O) groups excluding carboxylic acids is 4. The van der Waals surface area contributed by atoms with Gasteiger partial charge in [-0.15, -0.1) is 0 Å². The largest absolute Gasteiger partial charge is 0.467 e. The molecule has 4 rings (SSSR count). The highest BCUT2D eigenvalue weighted by atomic mass is 32.1. The van der Waals surface area contributed by atoms with Crippen molar-refractivity contribution in [3.8, 4) is 11.4 Å². The van der Waals surface area contributed by atoms with E-state index in [9.17, 15) is 19.2 Å². The first-order valence-electron chi connectivity index (χ1n) is 12.1. The van der Waals surface area contributed by atoms with Crippen LogP contribution < -0.4 is 10.6 Å². The van der Waals surface area contributed by atoms with Crippen molar-refractivity contribution >= 4 is 70.8 Å². The Kier molecular flexibility index (Phi) is 9.22. The van der Waals surface area contributed by atoms with E-state index in [-0.39, 0.29) is 22.6 Å². The summed E-state index contributed by atoms with van der Waals surface area (Å²) >= 11 is 8.30. The molecule has 2 atom stereocenters. The van der Waals surface area contributed by atoms with Gasteiger partial charge in [0.1, 0.15) is 12.1 Å². The van der Waals surface area contributed by atoms with E-state index >= 15 is 0 Å². The van der Waals surface area contributed by atoms with E-state index in [1.807, 2.05) is 0 Å². The maximum Gasteiger partial charge on any atom is 0.329 e. The first kappa shape index (κ1) is 28.8. The zero-order chi connectivity index (χ0) is 28.8. The molecule has 2 aromatic carbocycles. The van der Waals surface area contributed by atoms with Crippen LogP contribution in [0.15, 0.2) is 60.7 Å². The fourth-order valence-electron chi connectivity index (χ4n) is 4.10. The molecular formula is C28H26N4O6S2. The number of hydrogen-bond acceptors (Lipinski definition) is 10. The molecule has 2 N–H and O–H groups in total. The lowest BCUT2D eigenvalue weighted by Crippen LogP contribution is -2.43. The minimum Gasteiger partial charge on any atom is -0.467 e. The van der Waals surface area contributed by atoms with Crippen LogP contribution in [0.1, 0.15) is 20.7 Å². The molecule has 2 heterocycles. The third-order valence-electron chi connectivity index (χ3n) is 6.13. The molecule has 0 saturated carbocycles. The fraction of sp³-hybridized carbons (Fsp3) is 0.214. The Labute approximate surface area is 240 Å². The summed E-state index contributed by atoms with van der Waals surface area (Å²) in [5, 5.41) is 6.42. The topological polar surface area (TPSA) is 137 Å². The van der Waals surface area contributed by atoms with Crippen molar-refractivity contribution in [3.05, 3.63) is 71.8 Å². The maximum atomic E-state index is 13.3. The van der Waals surface area contributed by atoms with Crippen LogP contribution in [-0.2, 0) is 19.1 Å². The predicted octanol–water partition coefficient (Wildman–Crippen LogP) is 2.85. The summed E-state index contributed by atoms with van der Waals surface area (Å²) in [4.78, 5) is 60.2. The van der Waals surface area contributed by atoms with Gasteiger partial charge in [0.05, 0.1) is 47.8 Å². The zero-order valence-electron chi connectivity index (χ0n) is 21.6. The summed E-state index contributed by atoms with van der Waals surface area (Å²) in [5.74, 6) is -2.23. The molecule has 0 spiro atoms. The number of pyridine rings is 2. The van der Waals surface area contributed by atoms with E-state index in [1.165, 1.54) is 14.2 Å². The maximum absolute atomic E-state index is 13.3. The molecule has 10 nitrogen and oxygen atoms in total. The van der Waals surface area contributed by atoms with Crippen molar-refractivity contribution in [1.82, 2.24) is 20.6 Å². The Bertz CT molecular complexity index is 1490. The molecule has 2 unspecified atom stereocenters. The zero-order valence-corrected chi connectivity index (χ0v) is 23.4. The third kappa shape index (κ3) is 6.02. The van der Waals surface area contributed by atoms with Gasteiger partial charge >= 0.3 is 11.9 Å². The Morgan fingerprint density at radius 1 is 0.700 bits per heavy atom. The monoisotopic (exact) mass is 578 g/mol. The van der Waals surface area contributed by atoms with Crippen molar-refractivity contribution < 1.29 is 28.7 Å². The number of amides is 2. The number of nitrogens with one attached hydrogen (secondary N) is 2. The van der Waals surface area contributed by atoms with E-state index in [0.717, 1.165) is 0 Å². The Morgan fingerprint density at radius 3 is 1.43 bits per heavy atom. The van der Waals surface area contributed by atoms with E-state index < -0.39 is 35.8 Å². The number of fused-ring (bicyclic) bond motifs is 2. The molecule has 2 amide bonds. The number of nitrogens with zero attached hydrogens (tertiary/aromatic N) is 2. The van der Waals surface area contributed by atoms with Gasteiger partial charge < -0.3 is 20.1 Å². The molecule has 12 heteroatoms. The Balaban J connectivity index is 1.84. The number of esters is 2. The van der Waals surface area contributed by atoms with Gasteiger partial charge in [-0.1, -0.05) is 36.4 Å². The van der Waals surface area contributed by atoms with E-state index in [4.69, 9.17) is 19.4 Å². The third-order valence-corrected chi connectivity index (χ3v) is 6.86. The number of aromatic nitrogens is 2. The average molecular weight is 579 g/mol. The van der Waals surface area contributed by atoms with Crippen molar-refractivity contribution in [2.45, 2.75) is 12.1 Å². The quantitative estimate of drug-likeness (QED) is 0.176. The molecular weight excluding hydrogens is 552 g/mol. The molecule has 0 aliphatic carbocycles. The van der Waals surface area contributed by atoms with E-state index in [1.54, 1.807) is 60.7 Å². The lowest BCUT2D eigenvalue weighted by atomic mass is 10.0. The van der Waals surface area contributed by atoms with Gasteiger partial charge in [0.15, 0.2) is 0 Å². The van der Waals surface area contributed by atoms with Gasteiger partial charge in [0.25, 0.3) is 11.8 Å². The average Bonchev–Trinajstić information content (AvgIpc) is 3.00. The lowest BCUT2D eigenvalue weighted by molar-refractivity contribution is -0.143. The molecule has 40 heavy (non-hydrogen) atoms. The number of benzene rings is 2. The van der Waals surface area contributed by atoms with Crippen LogP contribution in [-0.4, -0.2) is 71.5 Å². The second kappa shape index (κ2) is 12.8. The number of ether oxygens (including phenoxy) is 2. The molecule has 0 radical (unpaired) electrons. The summed E-state index contributed by atoms with van der Waals surface area (Å²) in [5.41, 5.74) is 2.15. The van der Waals surface area contributed by atoms with Crippen LogP contribution in [0.25, 0.3) is 33.2 Å². The SMILES string of the molecule is COC(=O)C(CS)NC(=O)c1cc(-c2cc(C(=O)NC(CS)C(=O)OC)c3ccccc3n2)nc2ccccc12. The lowest BCUT2D eigenvalue weighted by Gasteiger charge is -2.17. The first-order chi connectivity index (χ1) is 19.3. The minimum atomic E-state index is -0.958. The van der Waals surface area contributed by atoms with Crippen LogP contribution in [0, 0.1) is 0 Å². The molecule has 0 aliphatic rings. The fourth-order valence-corrected chi connectivity index (χ4v) is 4.58. The number of methoxy groups -OCH3 is 2. The van der Waals surface area contributed by atoms with Gasteiger partial charge in [-0.25, -0.2) is 19.6 Å². The number of hydrogen-bond donors (Lipinski definition) is 4. The second-order valence-corrected chi connectivity index (χ2v) is 9.34. The summed E-state index contributed by atoms with van der Waals surface area (Å²) in [6.45, 7) is 0. The van der Waals surface area contributed by atoms with Crippen molar-refractivity contribution in [1.29, 1.82) is 0 Å². The number of para-hydroxylation sites is 2. The molecule has 206 valence electrons. The van der Waals surface area contributed by atoms with Gasteiger partial charge in [0.2, 0.25) is 0 Å². The summed E-state index contributed by atoms with van der Waals surface area (Å²) < 4.78 is 9.52. The van der Waals surface area contributed by atoms with Crippen LogP contribution >= 0.6 is 25.3 Å². The van der Waals surface area contributed by atoms with Gasteiger partial charge in [-0.3, -0.25) is 9.59 Å². The van der Waals surface area contributed by atoms with Gasteiger partial charge in [0, 0.05) is 22.3 Å². The number of rotatable bonds is 9. The Hall–Kier alpha value is -4.16. The predicted molar refractivity (Wildman–Crippen MR) is 157 cm³/mol. The van der Waals surface area contributed by atoms with Crippen LogP contribution in [0.5, 0.6) is 0 Å². The standard InChI is InChI=1S/C28H26N4O6S2/c1-37-27(35)23(13-39)31-25(33)17-11-21(29-19-9-5-3-7-15(17)19)22-12-18(16-8-4-6-10-20(16)30-22)26(34)32-24(14-40)28(36)38-2/h3-12,23-24,39-40H,13-14H2,1-2H3,(H,31,33)(H,32,34). The summed E-state index contributed by atoms with van der Waals surface area (Å²) in [6, 6.07) is 15.3. The molecule has 0 aliphatic heterocycles. The van der Waals surface area contributed by atoms with Gasteiger partial charge in [-0.2, -0.15) is 25.3 Å². The molecule has 0 fully saturated rings. The number of carbonyl (C=O) groups is 4. The highest BCUT2D eigenvalue weighted by molar-refractivity contribution is 7.80. The number of thiol groups is 2. The molecule has 0 saturated heterocycles. The molecule has 2 aromatic heterocycles. The van der Waals surface area contributed by atoms with Crippen LogP contribution in [0.2, 0.25) is 0 Å². The van der Waals surface area contributed by atoms with Gasteiger partial charge in [-0.05, 0) is 24.3 Å². The summed E-state index contributed by atoms with van der Waals surface area (Å²) in [6.07, 6.45) is 0. The second-order valence-electron chi connectivity index (χ2n) is 8.61. The van der Waals surface area contributed by atoms with Crippen LogP contribution in [0.4, 0.5) is 0 Å². The normalized spacial score (nSPS) is 12.4. The Morgan fingerprint density at radius 2 is 1.07 bits per heavy atom. The smallest absolute Gasteiger partial charge is 0.329 e. The summed E-state index contributed by atoms with van der Waals surface area (Å²) in [7, 11) is 2.46.